The third-order valence-corrected chi connectivity index (χ3v) is 4.48. The van der Waals surface area contributed by atoms with Crippen LogP contribution in [0.2, 0.25) is 0 Å². The smallest absolute Gasteiger partial charge is 0.269 e. The van der Waals surface area contributed by atoms with E-state index in [0.29, 0.717) is 12.5 Å². The molecule has 0 unspecified atom stereocenters. The highest BCUT2D eigenvalue weighted by Gasteiger charge is 2.24. The predicted molar refractivity (Wildman–Crippen MR) is 97.8 cm³/mol. The van der Waals surface area contributed by atoms with Crippen LogP contribution in [0.25, 0.3) is 0 Å². The van der Waals surface area contributed by atoms with Gasteiger partial charge in [0.15, 0.2) is 5.96 Å². The van der Waals surface area contributed by atoms with Gasteiger partial charge in [0.05, 0.1) is 11.5 Å². The van der Waals surface area contributed by atoms with Gasteiger partial charge in [0.2, 0.25) is 0 Å². The number of hydrogen-bond donors (Lipinski definition) is 2. The van der Waals surface area contributed by atoms with E-state index in [0.717, 1.165) is 49.8 Å². The van der Waals surface area contributed by atoms with Crippen LogP contribution in [0.3, 0.4) is 0 Å². The fourth-order valence-corrected chi connectivity index (χ4v) is 3.14. The number of likely N-dealkylation sites (tertiary alicyclic amines) is 1. The molecule has 3 rings (SSSR count). The van der Waals surface area contributed by atoms with Crippen LogP contribution in [0, 0.1) is 10.1 Å². The molecule has 0 spiro atoms. The zero-order valence-corrected chi connectivity index (χ0v) is 14.8. The largest absolute Gasteiger partial charge is 0.357 e. The summed E-state index contributed by atoms with van der Waals surface area (Å²) in [5.74, 6) is 2.19. The molecule has 0 saturated carbocycles. The highest BCUT2D eigenvalue weighted by Crippen LogP contribution is 2.25. The van der Waals surface area contributed by atoms with Crippen molar-refractivity contribution in [3.05, 3.63) is 52.1 Å². The lowest BCUT2D eigenvalue weighted by Gasteiger charge is -2.33. The molecule has 26 heavy (non-hydrogen) atoms. The van der Waals surface area contributed by atoms with Crippen LogP contribution in [0.1, 0.15) is 37.1 Å². The number of aromatic nitrogens is 3. The van der Waals surface area contributed by atoms with Gasteiger partial charge in [-0.05, 0) is 25.3 Å². The van der Waals surface area contributed by atoms with Crippen molar-refractivity contribution >= 4 is 11.6 Å². The number of rotatable bonds is 5. The van der Waals surface area contributed by atoms with Gasteiger partial charge in [-0.2, -0.15) is 5.10 Å². The van der Waals surface area contributed by atoms with Gasteiger partial charge in [0, 0.05) is 37.7 Å². The molecule has 9 heteroatoms. The third-order valence-electron chi connectivity index (χ3n) is 4.48. The lowest BCUT2D eigenvalue weighted by molar-refractivity contribution is -0.384. The number of guanidine groups is 1. The van der Waals surface area contributed by atoms with Crippen molar-refractivity contribution in [2.75, 3.05) is 19.6 Å². The van der Waals surface area contributed by atoms with Gasteiger partial charge in [-0.25, -0.2) is 9.98 Å². The number of nitro benzene ring substituents is 1. The quantitative estimate of drug-likeness (QED) is 0.367. The van der Waals surface area contributed by atoms with Crippen molar-refractivity contribution < 1.29 is 4.92 Å². The van der Waals surface area contributed by atoms with Crippen LogP contribution >= 0.6 is 0 Å². The monoisotopic (exact) mass is 357 g/mol. The minimum absolute atomic E-state index is 0.0931. The summed E-state index contributed by atoms with van der Waals surface area (Å²) in [6, 6.07) is 6.62. The van der Waals surface area contributed by atoms with Crippen molar-refractivity contribution in [2.45, 2.75) is 32.2 Å². The number of H-pyrrole nitrogens is 1. The van der Waals surface area contributed by atoms with E-state index in [9.17, 15) is 10.1 Å². The number of nitro groups is 1. The molecule has 9 nitrogen and oxygen atoms in total. The van der Waals surface area contributed by atoms with E-state index in [1.807, 2.05) is 13.0 Å². The summed E-state index contributed by atoms with van der Waals surface area (Å²) < 4.78 is 0. The Morgan fingerprint density at radius 1 is 1.46 bits per heavy atom. The topological polar surface area (TPSA) is 112 Å². The second-order valence-corrected chi connectivity index (χ2v) is 6.23. The summed E-state index contributed by atoms with van der Waals surface area (Å²) in [6.45, 7) is 4.98. The molecule has 1 aliphatic heterocycles. The van der Waals surface area contributed by atoms with Crippen molar-refractivity contribution in [3.63, 3.8) is 0 Å². The van der Waals surface area contributed by atoms with Crippen LogP contribution in [0.15, 0.2) is 35.6 Å². The van der Waals surface area contributed by atoms with E-state index in [4.69, 9.17) is 0 Å². The average Bonchev–Trinajstić information content (AvgIpc) is 3.20. The van der Waals surface area contributed by atoms with Gasteiger partial charge >= 0.3 is 0 Å². The lowest BCUT2D eigenvalue weighted by atomic mass is 9.96. The maximum Gasteiger partial charge on any atom is 0.269 e. The Balaban J connectivity index is 1.64. The summed E-state index contributed by atoms with van der Waals surface area (Å²) in [6.07, 6.45) is 3.51. The fourth-order valence-electron chi connectivity index (χ4n) is 3.14. The number of non-ortho nitro benzene ring substituents is 1. The first kappa shape index (κ1) is 17.8. The molecular formula is C17H23N7O2. The number of nitrogens with one attached hydrogen (secondary N) is 2. The molecule has 2 aromatic rings. The Kier molecular flexibility index (Phi) is 5.77. The highest BCUT2D eigenvalue weighted by molar-refractivity contribution is 5.80. The minimum Gasteiger partial charge on any atom is -0.357 e. The number of hydrogen-bond acceptors (Lipinski definition) is 5. The SMILES string of the molecule is CCNC(=NCc1cccc([N+](=O)[O-])c1)N1CCC(c2ncn[nH]2)CC1. The number of benzene rings is 1. The van der Waals surface area contributed by atoms with Crippen molar-refractivity contribution in [3.8, 4) is 0 Å². The van der Waals surface area contributed by atoms with E-state index in [2.05, 4.69) is 30.4 Å². The number of aromatic amines is 1. The van der Waals surface area contributed by atoms with Gasteiger partial charge in [-0.15, -0.1) is 0 Å². The van der Waals surface area contributed by atoms with E-state index in [-0.39, 0.29) is 10.6 Å². The average molecular weight is 357 g/mol. The number of aliphatic imine (C=N–C) groups is 1. The molecular weight excluding hydrogens is 334 g/mol. The summed E-state index contributed by atoms with van der Waals surface area (Å²) in [4.78, 5) is 21.7. The zero-order chi connectivity index (χ0) is 18.4. The summed E-state index contributed by atoms with van der Waals surface area (Å²) in [5, 5.41) is 21.1. The van der Waals surface area contributed by atoms with Gasteiger partial charge in [-0.3, -0.25) is 15.2 Å². The second-order valence-electron chi connectivity index (χ2n) is 6.23. The zero-order valence-electron chi connectivity index (χ0n) is 14.8. The molecule has 1 fully saturated rings. The molecule has 0 amide bonds. The first-order chi connectivity index (χ1) is 12.7. The van der Waals surface area contributed by atoms with Crippen LogP contribution in [0.5, 0.6) is 0 Å². The van der Waals surface area contributed by atoms with E-state index in [1.54, 1.807) is 18.5 Å². The summed E-state index contributed by atoms with van der Waals surface area (Å²) in [7, 11) is 0. The molecule has 0 bridgehead atoms. The normalized spacial score (nSPS) is 15.9. The molecule has 1 aliphatic rings. The Morgan fingerprint density at radius 2 is 2.27 bits per heavy atom. The van der Waals surface area contributed by atoms with Gasteiger partial charge in [-0.1, -0.05) is 12.1 Å². The molecule has 1 aromatic carbocycles. The van der Waals surface area contributed by atoms with E-state index < -0.39 is 0 Å². The van der Waals surface area contributed by atoms with E-state index >= 15 is 0 Å². The van der Waals surface area contributed by atoms with Crippen LogP contribution < -0.4 is 5.32 Å². The molecule has 0 aliphatic carbocycles. The van der Waals surface area contributed by atoms with Crippen molar-refractivity contribution in [2.24, 2.45) is 4.99 Å². The summed E-state index contributed by atoms with van der Waals surface area (Å²) >= 11 is 0. The fraction of sp³-hybridized carbons (Fsp3) is 0.471. The van der Waals surface area contributed by atoms with Gasteiger partial charge in [0.1, 0.15) is 12.2 Å². The molecule has 0 atom stereocenters. The first-order valence-electron chi connectivity index (χ1n) is 8.79. The lowest BCUT2D eigenvalue weighted by Crippen LogP contribution is -2.45. The van der Waals surface area contributed by atoms with E-state index in [1.165, 1.54) is 6.07 Å². The number of nitrogens with zero attached hydrogens (tertiary/aromatic N) is 5. The molecule has 2 N–H and O–H groups in total. The van der Waals surface area contributed by atoms with Crippen molar-refractivity contribution in [1.29, 1.82) is 0 Å². The highest BCUT2D eigenvalue weighted by atomic mass is 16.6. The second kappa shape index (κ2) is 8.41. The standard InChI is InChI=1S/C17H23N7O2/c1-2-18-17(19-11-13-4-3-5-15(10-13)24(25)26)23-8-6-14(7-9-23)16-20-12-21-22-16/h3-5,10,12,14H,2,6-9,11H2,1H3,(H,18,19)(H,20,21,22). The predicted octanol–water partition coefficient (Wildman–Crippen LogP) is 2.06. The van der Waals surface area contributed by atoms with Crippen molar-refractivity contribution in [1.82, 2.24) is 25.4 Å². The molecule has 0 radical (unpaired) electrons. The maximum atomic E-state index is 10.9. The Bertz CT molecular complexity index is 752. The molecule has 1 saturated heterocycles. The molecule has 138 valence electrons. The van der Waals surface area contributed by atoms with Gasteiger partial charge < -0.3 is 10.2 Å². The van der Waals surface area contributed by atoms with Crippen LogP contribution in [-0.2, 0) is 6.54 Å². The van der Waals surface area contributed by atoms with Gasteiger partial charge in [0.25, 0.3) is 5.69 Å². The number of piperidine rings is 1. The Morgan fingerprint density at radius 3 is 2.92 bits per heavy atom. The third kappa shape index (κ3) is 4.35. The molecule has 2 heterocycles. The maximum absolute atomic E-state index is 10.9. The molecule has 1 aromatic heterocycles. The van der Waals surface area contributed by atoms with Crippen LogP contribution in [-0.4, -0.2) is 50.6 Å². The Labute approximate surface area is 151 Å². The minimum atomic E-state index is -0.382. The van der Waals surface area contributed by atoms with Crippen LogP contribution in [0.4, 0.5) is 5.69 Å². The first-order valence-corrected chi connectivity index (χ1v) is 8.79. The summed E-state index contributed by atoms with van der Waals surface area (Å²) in [5.41, 5.74) is 0.918. The Hall–Kier alpha value is -2.97.